The van der Waals surface area contributed by atoms with Gasteiger partial charge < -0.3 is 10.1 Å². The van der Waals surface area contributed by atoms with E-state index in [0.717, 1.165) is 11.1 Å². The minimum Gasteiger partial charge on any atom is -0.452 e. The maximum Gasteiger partial charge on any atom is 0.341 e. The summed E-state index contributed by atoms with van der Waals surface area (Å²) in [5.41, 5.74) is 2.42. The molecular formula is C19H19BrFNO3. The van der Waals surface area contributed by atoms with Gasteiger partial charge in [0.1, 0.15) is 5.82 Å². The number of ether oxygens (including phenoxy) is 1. The number of benzene rings is 2. The second kappa shape index (κ2) is 8.25. The van der Waals surface area contributed by atoms with Crippen molar-refractivity contribution in [2.24, 2.45) is 0 Å². The number of esters is 1. The predicted molar refractivity (Wildman–Crippen MR) is 98.3 cm³/mol. The number of carbonyl (C=O) groups is 2. The van der Waals surface area contributed by atoms with E-state index in [1.807, 2.05) is 39.0 Å². The first-order valence-corrected chi connectivity index (χ1v) is 8.60. The molecule has 0 fully saturated rings. The number of hydrogen-bond acceptors (Lipinski definition) is 3. The zero-order chi connectivity index (χ0) is 18.6. The highest BCUT2D eigenvalue weighted by Gasteiger charge is 2.17. The lowest BCUT2D eigenvalue weighted by molar-refractivity contribution is -0.119. The molecule has 0 saturated carbocycles. The van der Waals surface area contributed by atoms with Crippen LogP contribution in [0.15, 0.2) is 40.9 Å². The Bertz CT molecular complexity index is 805. The Balaban J connectivity index is 2.03. The first-order chi connectivity index (χ1) is 11.8. The number of rotatable bonds is 5. The summed E-state index contributed by atoms with van der Waals surface area (Å²) < 4.78 is 19.2. The van der Waals surface area contributed by atoms with E-state index < -0.39 is 24.3 Å². The fourth-order valence-corrected chi connectivity index (χ4v) is 2.71. The van der Waals surface area contributed by atoms with E-state index in [4.69, 9.17) is 4.74 Å². The second-order valence-electron chi connectivity index (χ2n) is 5.94. The lowest BCUT2D eigenvalue weighted by atomic mass is 9.98. The van der Waals surface area contributed by atoms with E-state index >= 15 is 0 Å². The van der Waals surface area contributed by atoms with Crippen molar-refractivity contribution >= 4 is 33.5 Å². The molecule has 0 aliphatic rings. The number of anilines is 1. The molecule has 0 aliphatic carbocycles. The van der Waals surface area contributed by atoms with Crippen molar-refractivity contribution < 1.29 is 18.7 Å². The summed E-state index contributed by atoms with van der Waals surface area (Å²) in [6.45, 7) is 5.46. The smallest absolute Gasteiger partial charge is 0.341 e. The second-order valence-corrected chi connectivity index (χ2v) is 6.86. The molecule has 132 valence electrons. The summed E-state index contributed by atoms with van der Waals surface area (Å²) in [6, 6.07) is 9.76. The van der Waals surface area contributed by atoms with Gasteiger partial charge in [0.25, 0.3) is 5.91 Å². The van der Waals surface area contributed by atoms with Crippen molar-refractivity contribution in [3.05, 3.63) is 63.4 Å². The van der Waals surface area contributed by atoms with E-state index in [2.05, 4.69) is 21.2 Å². The van der Waals surface area contributed by atoms with Crippen LogP contribution in [0.5, 0.6) is 0 Å². The Morgan fingerprint density at radius 1 is 1.24 bits per heavy atom. The van der Waals surface area contributed by atoms with Crippen molar-refractivity contribution in [1.82, 2.24) is 0 Å². The molecule has 1 N–H and O–H groups in total. The van der Waals surface area contributed by atoms with Crippen molar-refractivity contribution in [2.75, 3.05) is 11.9 Å². The SMILES string of the molecule is Cc1cccc(C(C)C)c1NC(=O)COC(=O)c1ccc(Br)cc1F. The number of hydrogen-bond donors (Lipinski definition) is 1. The van der Waals surface area contributed by atoms with Gasteiger partial charge in [-0.2, -0.15) is 0 Å². The first-order valence-electron chi connectivity index (χ1n) is 7.81. The molecule has 0 heterocycles. The molecule has 2 rings (SSSR count). The number of carbonyl (C=O) groups excluding carboxylic acids is 2. The molecule has 2 aromatic carbocycles. The molecule has 0 aromatic heterocycles. The Hall–Kier alpha value is -2.21. The average Bonchev–Trinajstić information content (AvgIpc) is 2.54. The van der Waals surface area contributed by atoms with Gasteiger partial charge in [0, 0.05) is 10.2 Å². The third kappa shape index (κ3) is 4.89. The van der Waals surface area contributed by atoms with Gasteiger partial charge in [-0.1, -0.05) is 48.0 Å². The van der Waals surface area contributed by atoms with Gasteiger partial charge in [-0.25, -0.2) is 9.18 Å². The van der Waals surface area contributed by atoms with Gasteiger partial charge >= 0.3 is 5.97 Å². The van der Waals surface area contributed by atoms with Gasteiger partial charge in [-0.15, -0.1) is 0 Å². The van der Waals surface area contributed by atoms with Gasteiger partial charge in [0.15, 0.2) is 6.61 Å². The van der Waals surface area contributed by atoms with Crippen LogP contribution < -0.4 is 5.32 Å². The summed E-state index contributed by atoms with van der Waals surface area (Å²) in [4.78, 5) is 24.0. The molecular weight excluding hydrogens is 389 g/mol. The van der Waals surface area contributed by atoms with Gasteiger partial charge in [0.2, 0.25) is 0 Å². The van der Waals surface area contributed by atoms with Gasteiger partial charge in [0.05, 0.1) is 5.56 Å². The molecule has 0 saturated heterocycles. The first kappa shape index (κ1) is 19.1. The third-order valence-electron chi connectivity index (χ3n) is 3.68. The van der Waals surface area contributed by atoms with Crippen LogP contribution in [0.4, 0.5) is 10.1 Å². The molecule has 0 radical (unpaired) electrons. The zero-order valence-corrected chi connectivity index (χ0v) is 15.8. The van der Waals surface area contributed by atoms with Crippen LogP contribution in [-0.4, -0.2) is 18.5 Å². The highest BCUT2D eigenvalue weighted by molar-refractivity contribution is 9.10. The fourth-order valence-electron chi connectivity index (χ4n) is 2.38. The molecule has 25 heavy (non-hydrogen) atoms. The lowest BCUT2D eigenvalue weighted by Gasteiger charge is -2.16. The summed E-state index contributed by atoms with van der Waals surface area (Å²) >= 11 is 3.11. The third-order valence-corrected chi connectivity index (χ3v) is 4.17. The Kier molecular flexibility index (Phi) is 6.31. The standard InChI is InChI=1S/C19H19BrFNO3/c1-11(2)14-6-4-5-12(3)18(14)22-17(23)10-25-19(24)15-8-7-13(20)9-16(15)21/h4-9,11H,10H2,1-3H3,(H,22,23). The van der Waals surface area contributed by atoms with E-state index in [1.165, 1.54) is 18.2 Å². The van der Waals surface area contributed by atoms with E-state index in [1.54, 1.807) is 0 Å². The molecule has 0 aliphatic heterocycles. The predicted octanol–water partition coefficient (Wildman–Crippen LogP) is 4.82. The highest BCUT2D eigenvalue weighted by Crippen LogP contribution is 2.27. The van der Waals surface area contributed by atoms with Gasteiger partial charge in [-0.3, -0.25) is 4.79 Å². The van der Waals surface area contributed by atoms with Crippen molar-refractivity contribution in [1.29, 1.82) is 0 Å². The largest absolute Gasteiger partial charge is 0.452 e. The lowest BCUT2D eigenvalue weighted by Crippen LogP contribution is -2.22. The molecule has 6 heteroatoms. The highest BCUT2D eigenvalue weighted by atomic mass is 79.9. The topological polar surface area (TPSA) is 55.4 Å². The molecule has 2 aromatic rings. The van der Waals surface area contributed by atoms with Crippen LogP contribution in [0.1, 0.15) is 41.3 Å². The average molecular weight is 408 g/mol. The summed E-state index contributed by atoms with van der Waals surface area (Å²) in [5, 5.41) is 2.77. The Labute approximate surface area is 154 Å². The fraction of sp³-hybridized carbons (Fsp3) is 0.263. The summed E-state index contributed by atoms with van der Waals surface area (Å²) in [5.74, 6) is -1.83. The monoisotopic (exact) mass is 407 g/mol. The van der Waals surface area contributed by atoms with Crippen molar-refractivity contribution in [3.8, 4) is 0 Å². The molecule has 4 nitrogen and oxygen atoms in total. The number of para-hydroxylation sites is 1. The molecule has 0 bridgehead atoms. The number of aryl methyl sites for hydroxylation is 1. The number of halogens is 2. The van der Waals surface area contributed by atoms with Crippen molar-refractivity contribution in [3.63, 3.8) is 0 Å². The van der Waals surface area contributed by atoms with E-state index in [0.29, 0.717) is 10.2 Å². The van der Waals surface area contributed by atoms with Crippen LogP contribution in [0.2, 0.25) is 0 Å². The summed E-state index contributed by atoms with van der Waals surface area (Å²) in [7, 11) is 0. The normalized spacial score (nSPS) is 10.6. The molecule has 0 spiro atoms. The minimum absolute atomic E-state index is 0.213. The molecule has 0 unspecified atom stereocenters. The summed E-state index contributed by atoms with van der Waals surface area (Å²) in [6.07, 6.45) is 0. The van der Waals surface area contributed by atoms with Crippen LogP contribution >= 0.6 is 15.9 Å². The minimum atomic E-state index is -0.881. The number of nitrogens with one attached hydrogen (secondary N) is 1. The quantitative estimate of drug-likeness (QED) is 0.723. The van der Waals surface area contributed by atoms with Crippen LogP contribution in [0.3, 0.4) is 0 Å². The maximum atomic E-state index is 13.7. The molecule has 1 amide bonds. The van der Waals surface area contributed by atoms with Gasteiger partial charge in [-0.05, 0) is 42.2 Å². The van der Waals surface area contributed by atoms with Crippen LogP contribution in [0.25, 0.3) is 0 Å². The van der Waals surface area contributed by atoms with Crippen LogP contribution in [0, 0.1) is 12.7 Å². The zero-order valence-electron chi connectivity index (χ0n) is 14.2. The Morgan fingerprint density at radius 2 is 1.96 bits per heavy atom. The van der Waals surface area contributed by atoms with E-state index in [9.17, 15) is 14.0 Å². The number of amides is 1. The maximum absolute atomic E-state index is 13.7. The molecule has 0 atom stereocenters. The van der Waals surface area contributed by atoms with E-state index in [-0.39, 0.29) is 11.5 Å². The van der Waals surface area contributed by atoms with Crippen LogP contribution in [-0.2, 0) is 9.53 Å². The Morgan fingerprint density at radius 3 is 2.60 bits per heavy atom. The van der Waals surface area contributed by atoms with Crippen molar-refractivity contribution in [2.45, 2.75) is 26.7 Å².